The zero-order chi connectivity index (χ0) is 16.2. The lowest BCUT2D eigenvalue weighted by molar-refractivity contribution is 0.0581. The van der Waals surface area contributed by atoms with Gasteiger partial charge < -0.3 is 19.5 Å². The molecule has 2 atom stereocenters. The Morgan fingerprint density at radius 1 is 1.00 bits per heavy atom. The number of carbonyl (C=O) groups excluding carboxylic acids is 1. The molecule has 0 spiro atoms. The minimum absolute atomic E-state index is 0.138. The van der Waals surface area contributed by atoms with Crippen LogP contribution in [0.5, 0.6) is 11.5 Å². The molecule has 1 heterocycles. The predicted octanol–water partition coefficient (Wildman–Crippen LogP) is 3.62. The molecule has 0 unspecified atom stereocenters. The molecular formula is C18H19NO4. The van der Waals surface area contributed by atoms with Gasteiger partial charge in [0.2, 0.25) is 0 Å². The third-order valence-electron chi connectivity index (χ3n) is 3.97. The number of carbonyl (C=O) groups is 1. The highest BCUT2D eigenvalue weighted by Crippen LogP contribution is 2.36. The monoisotopic (exact) mass is 313 g/mol. The van der Waals surface area contributed by atoms with Gasteiger partial charge in [-0.1, -0.05) is 36.4 Å². The molecule has 1 fully saturated rings. The quantitative estimate of drug-likeness (QED) is 0.936. The van der Waals surface area contributed by atoms with E-state index in [0.29, 0.717) is 17.9 Å². The first-order valence-corrected chi connectivity index (χ1v) is 7.45. The van der Waals surface area contributed by atoms with E-state index in [4.69, 9.17) is 14.2 Å². The molecule has 0 aromatic heterocycles. The highest BCUT2D eigenvalue weighted by atomic mass is 16.6. The van der Waals surface area contributed by atoms with Crippen molar-refractivity contribution in [1.29, 1.82) is 0 Å². The maximum absolute atomic E-state index is 11.9. The number of benzene rings is 2. The zero-order valence-electron chi connectivity index (χ0n) is 13.1. The maximum atomic E-state index is 11.9. The molecule has 0 saturated carbocycles. The SMILES string of the molecule is COc1ccc([C@H]2C[C@@H](c3ccccc3)OC(=O)N2)cc1OC. The minimum atomic E-state index is -0.412. The Labute approximate surface area is 135 Å². The van der Waals surface area contributed by atoms with Crippen LogP contribution in [0.4, 0.5) is 4.79 Å². The van der Waals surface area contributed by atoms with E-state index in [-0.39, 0.29) is 12.1 Å². The average Bonchev–Trinajstić information content (AvgIpc) is 2.61. The van der Waals surface area contributed by atoms with Crippen molar-refractivity contribution in [1.82, 2.24) is 5.32 Å². The largest absolute Gasteiger partial charge is 0.493 e. The summed E-state index contributed by atoms with van der Waals surface area (Å²) in [5.74, 6) is 1.30. The number of cyclic esters (lactones) is 1. The smallest absolute Gasteiger partial charge is 0.408 e. The molecule has 2 aromatic rings. The van der Waals surface area contributed by atoms with Gasteiger partial charge in [-0.2, -0.15) is 0 Å². The molecule has 1 aliphatic heterocycles. The van der Waals surface area contributed by atoms with Crippen molar-refractivity contribution >= 4 is 6.09 Å². The van der Waals surface area contributed by atoms with Crippen LogP contribution in [0.2, 0.25) is 0 Å². The Hall–Kier alpha value is -2.69. The molecule has 1 aliphatic rings. The summed E-state index contributed by atoms with van der Waals surface area (Å²) in [4.78, 5) is 11.9. The minimum Gasteiger partial charge on any atom is -0.493 e. The predicted molar refractivity (Wildman–Crippen MR) is 85.7 cm³/mol. The lowest BCUT2D eigenvalue weighted by Gasteiger charge is -2.31. The van der Waals surface area contributed by atoms with Crippen LogP contribution in [-0.2, 0) is 4.74 Å². The first kappa shape index (κ1) is 15.2. The molecule has 5 heteroatoms. The van der Waals surface area contributed by atoms with Crippen molar-refractivity contribution in [3.63, 3.8) is 0 Å². The molecule has 23 heavy (non-hydrogen) atoms. The van der Waals surface area contributed by atoms with Gasteiger partial charge in [-0.15, -0.1) is 0 Å². The Morgan fingerprint density at radius 3 is 2.43 bits per heavy atom. The summed E-state index contributed by atoms with van der Waals surface area (Å²) in [7, 11) is 3.19. The molecule has 0 radical (unpaired) electrons. The number of ether oxygens (including phenoxy) is 3. The number of rotatable bonds is 4. The Balaban J connectivity index is 1.86. The van der Waals surface area contributed by atoms with Gasteiger partial charge >= 0.3 is 6.09 Å². The van der Waals surface area contributed by atoms with Gasteiger partial charge in [-0.05, 0) is 23.3 Å². The van der Waals surface area contributed by atoms with Gasteiger partial charge in [0.25, 0.3) is 0 Å². The van der Waals surface area contributed by atoms with Gasteiger partial charge in [-0.25, -0.2) is 4.79 Å². The number of nitrogens with one attached hydrogen (secondary N) is 1. The highest BCUT2D eigenvalue weighted by Gasteiger charge is 2.30. The normalized spacial score (nSPS) is 20.3. The zero-order valence-corrected chi connectivity index (χ0v) is 13.1. The van der Waals surface area contributed by atoms with Crippen LogP contribution >= 0.6 is 0 Å². The summed E-state index contributed by atoms with van der Waals surface area (Å²) in [5, 5.41) is 2.86. The van der Waals surface area contributed by atoms with Crippen LogP contribution in [0.1, 0.15) is 29.7 Å². The lowest BCUT2D eigenvalue weighted by Crippen LogP contribution is -2.37. The molecule has 3 rings (SSSR count). The summed E-state index contributed by atoms with van der Waals surface area (Å²) in [6.45, 7) is 0. The molecular weight excluding hydrogens is 294 g/mol. The molecule has 2 aromatic carbocycles. The maximum Gasteiger partial charge on any atom is 0.408 e. The standard InChI is InChI=1S/C18H19NO4/c1-21-15-9-8-13(10-17(15)22-2)14-11-16(23-18(20)19-14)12-6-4-3-5-7-12/h3-10,14,16H,11H2,1-2H3,(H,19,20)/t14-,16+/m1/s1. The van der Waals surface area contributed by atoms with Crippen molar-refractivity contribution in [2.75, 3.05) is 14.2 Å². The number of methoxy groups -OCH3 is 2. The van der Waals surface area contributed by atoms with Crippen LogP contribution in [0.25, 0.3) is 0 Å². The van der Waals surface area contributed by atoms with Gasteiger partial charge in [0, 0.05) is 6.42 Å². The van der Waals surface area contributed by atoms with E-state index in [2.05, 4.69) is 5.32 Å². The van der Waals surface area contributed by atoms with E-state index in [1.807, 2.05) is 48.5 Å². The third kappa shape index (κ3) is 3.23. The van der Waals surface area contributed by atoms with E-state index in [1.54, 1.807) is 14.2 Å². The molecule has 1 amide bonds. The molecule has 120 valence electrons. The van der Waals surface area contributed by atoms with Crippen molar-refractivity contribution < 1.29 is 19.0 Å². The molecule has 1 saturated heterocycles. The van der Waals surface area contributed by atoms with Crippen molar-refractivity contribution in [2.45, 2.75) is 18.6 Å². The first-order valence-electron chi connectivity index (χ1n) is 7.45. The molecule has 5 nitrogen and oxygen atoms in total. The number of amides is 1. The first-order chi connectivity index (χ1) is 11.2. The number of hydrogen-bond donors (Lipinski definition) is 1. The molecule has 0 aliphatic carbocycles. The van der Waals surface area contributed by atoms with Crippen LogP contribution in [0.3, 0.4) is 0 Å². The second-order valence-corrected chi connectivity index (χ2v) is 5.35. The second kappa shape index (κ2) is 6.60. The fraction of sp³-hybridized carbons (Fsp3) is 0.278. The van der Waals surface area contributed by atoms with Crippen molar-refractivity contribution in [3.05, 3.63) is 59.7 Å². The Bertz CT molecular complexity index is 687. The Morgan fingerprint density at radius 2 is 1.74 bits per heavy atom. The lowest BCUT2D eigenvalue weighted by atomic mass is 9.95. The van der Waals surface area contributed by atoms with Gasteiger partial charge in [-0.3, -0.25) is 0 Å². The van der Waals surface area contributed by atoms with E-state index in [1.165, 1.54) is 0 Å². The fourth-order valence-electron chi connectivity index (χ4n) is 2.79. The van der Waals surface area contributed by atoms with Gasteiger partial charge in [0.1, 0.15) is 6.10 Å². The van der Waals surface area contributed by atoms with E-state index in [9.17, 15) is 4.79 Å². The van der Waals surface area contributed by atoms with E-state index in [0.717, 1.165) is 11.1 Å². The van der Waals surface area contributed by atoms with E-state index < -0.39 is 6.09 Å². The topological polar surface area (TPSA) is 56.8 Å². The van der Waals surface area contributed by atoms with Crippen LogP contribution < -0.4 is 14.8 Å². The van der Waals surface area contributed by atoms with Crippen molar-refractivity contribution in [3.8, 4) is 11.5 Å². The summed E-state index contributed by atoms with van der Waals surface area (Å²) in [5.41, 5.74) is 1.95. The van der Waals surface area contributed by atoms with Crippen LogP contribution in [0.15, 0.2) is 48.5 Å². The summed E-state index contributed by atoms with van der Waals surface area (Å²) < 4.78 is 16.0. The highest BCUT2D eigenvalue weighted by molar-refractivity contribution is 5.69. The fourth-order valence-corrected chi connectivity index (χ4v) is 2.79. The van der Waals surface area contributed by atoms with Crippen LogP contribution in [0, 0.1) is 0 Å². The second-order valence-electron chi connectivity index (χ2n) is 5.35. The van der Waals surface area contributed by atoms with E-state index >= 15 is 0 Å². The number of hydrogen-bond acceptors (Lipinski definition) is 4. The summed E-state index contributed by atoms with van der Waals surface area (Å²) in [6.07, 6.45) is -0.0152. The molecule has 0 bridgehead atoms. The van der Waals surface area contributed by atoms with Crippen molar-refractivity contribution in [2.24, 2.45) is 0 Å². The van der Waals surface area contributed by atoms with Gasteiger partial charge in [0.05, 0.1) is 20.3 Å². The number of alkyl carbamates (subject to hydrolysis) is 1. The summed E-state index contributed by atoms with van der Waals surface area (Å²) in [6, 6.07) is 15.3. The van der Waals surface area contributed by atoms with Crippen LogP contribution in [-0.4, -0.2) is 20.3 Å². The van der Waals surface area contributed by atoms with Gasteiger partial charge in [0.15, 0.2) is 11.5 Å². The summed E-state index contributed by atoms with van der Waals surface area (Å²) >= 11 is 0. The Kier molecular flexibility index (Phi) is 4.37. The average molecular weight is 313 g/mol. The third-order valence-corrected chi connectivity index (χ3v) is 3.97. The molecule has 1 N–H and O–H groups in total.